The zero-order chi connectivity index (χ0) is 9.84. The lowest BCUT2D eigenvalue weighted by Gasteiger charge is -2.16. The fourth-order valence-electron chi connectivity index (χ4n) is 0.928. The fraction of sp³-hybridized carbons (Fsp3) is 0.250. The maximum Gasteiger partial charge on any atom is 0.413 e. The number of nitrogens with zero attached hydrogens (tertiary/aromatic N) is 2. The maximum absolute atomic E-state index is 11.1. The number of nitrogen functional groups attached to an aromatic ring is 1. The van der Waals surface area contributed by atoms with E-state index in [-0.39, 0.29) is 0 Å². The van der Waals surface area contributed by atoms with Crippen molar-refractivity contribution in [3.05, 3.63) is 18.3 Å². The molecule has 0 unspecified atom stereocenters. The van der Waals surface area contributed by atoms with Gasteiger partial charge in [-0.15, -0.1) is 0 Å². The molecule has 1 aromatic heterocycles. The van der Waals surface area contributed by atoms with Gasteiger partial charge in [-0.3, -0.25) is 4.90 Å². The van der Waals surface area contributed by atoms with Gasteiger partial charge in [-0.05, 0) is 12.1 Å². The molecule has 0 radical (unpaired) electrons. The summed E-state index contributed by atoms with van der Waals surface area (Å²) in [5, 5.41) is 0. The van der Waals surface area contributed by atoms with Gasteiger partial charge in [0.2, 0.25) is 0 Å². The highest BCUT2D eigenvalue weighted by molar-refractivity contribution is 5.89. The van der Waals surface area contributed by atoms with E-state index in [0.29, 0.717) is 11.5 Å². The van der Waals surface area contributed by atoms with E-state index in [9.17, 15) is 4.79 Å². The molecule has 0 bridgehead atoms. The Balaban J connectivity index is 2.95. The molecule has 0 atom stereocenters. The number of carbonyl (C=O) groups excluding carboxylic acids is 1. The molecule has 70 valence electrons. The molecule has 0 aliphatic rings. The maximum atomic E-state index is 11.1. The Morgan fingerprint density at radius 2 is 2.38 bits per heavy atom. The van der Waals surface area contributed by atoms with Crippen molar-refractivity contribution in [2.24, 2.45) is 0 Å². The summed E-state index contributed by atoms with van der Waals surface area (Å²) >= 11 is 0. The smallest absolute Gasteiger partial charge is 0.413 e. The molecule has 0 saturated heterocycles. The quantitative estimate of drug-likeness (QED) is 0.697. The van der Waals surface area contributed by atoms with Crippen LogP contribution < -0.4 is 10.6 Å². The molecular weight excluding hydrogens is 170 g/mol. The molecule has 1 heterocycles. The van der Waals surface area contributed by atoms with Crippen molar-refractivity contribution in [1.29, 1.82) is 0 Å². The highest BCUT2D eigenvalue weighted by atomic mass is 16.5. The summed E-state index contributed by atoms with van der Waals surface area (Å²) < 4.78 is 4.53. The summed E-state index contributed by atoms with van der Waals surface area (Å²) in [6, 6.07) is 3.39. The predicted octanol–water partition coefficient (Wildman–Crippen LogP) is 0.866. The second kappa shape index (κ2) is 3.75. The molecule has 1 amide bonds. The molecule has 0 aliphatic carbocycles. The summed E-state index contributed by atoms with van der Waals surface area (Å²) in [6.45, 7) is 0. The molecule has 0 fully saturated rings. The lowest BCUT2D eigenvalue weighted by atomic mass is 10.3. The predicted molar refractivity (Wildman–Crippen MR) is 49.5 cm³/mol. The number of hydrogen-bond acceptors (Lipinski definition) is 4. The Labute approximate surface area is 76.1 Å². The van der Waals surface area contributed by atoms with Crippen LogP contribution >= 0.6 is 0 Å². The molecule has 0 aliphatic heterocycles. The van der Waals surface area contributed by atoms with Crippen molar-refractivity contribution in [3.63, 3.8) is 0 Å². The molecule has 5 nitrogen and oxygen atoms in total. The van der Waals surface area contributed by atoms with Crippen molar-refractivity contribution in [2.75, 3.05) is 24.8 Å². The Bertz CT molecular complexity index is 314. The van der Waals surface area contributed by atoms with Crippen LogP contribution in [0.2, 0.25) is 0 Å². The summed E-state index contributed by atoms with van der Waals surface area (Å²) in [6.07, 6.45) is 1.09. The standard InChI is InChI=1S/C8H11N3O2/c1-11(8(12)13-2)6-4-3-5-10-7(6)9/h3-5H,1-2H3,(H2,9,10). The summed E-state index contributed by atoms with van der Waals surface area (Å²) in [7, 11) is 2.88. The van der Waals surface area contributed by atoms with E-state index >= 15 is 0 Å². The number of pyridine rings is 1. The number of amides is 1. The zero-order valence-corrected chi connectivity index (χ0v) is 7.52. The van der Waals surface area contributed by atoms with Crippen LogP contribution in [0.15, 0.2) is 18.3 Å². The second-order valence-corrected chi connectivity index (χ2v) is 2.44. The van der Waals surface area contributed by atoms with Gasteiger partial charge in [0, 0.05) is 13.2 Å². The van der Waals surface area contributed by atoms with Gasteiger partial charge in [-0.1, -0.05) is 0 Å². The molecule has 1 rings (SSSR count). The van der Waals surface area contributed by atoms with E-state index in [1.165, 1.54) is 12.0 Å². The van der Waals surface area contributed by atoms with Crippen LogP contribution in [0.4, 0.5) is 16.3 Å². The third-order valence-electron chi connectivity index (χ3n) is 1.63. The minimum atomic E-state index is -0.472. The number of carbonyl (C=O) groups is 1. The minimum absolute atomic E-state index is 0.301. The zero-order valence-electron chi connectivity index (χ0n) is 7.52. The topological polar surface area (TPSA) is 68.5 Å². The van der Waals surface area contributed by atoms with E-state index in [1.54, 1.807) is 25.4 Å². The first-order valence-electron chi connectivity index (χ1n) is 3.69. The van der Waals surface area contributed by atoms with Crippen LogP contribution in [0.3, 0.4) is 0 Å². The number of anilines is 2. The van der Waals surface area contributed by atoms with Crippen LogP contribution in [-0.4, -0.2) is 25.2 Å². The normalized spacial score (nSPS) is 9.38. The SMILES string of the molecule is COC(=O)N(C)c1cccnc1N. The van der Waals surface area contributed by atoms with Crippen molar-refractivity contribution in [1.82, 2.24) is 4.98 Å². The van der Waals surface area contributed by atoms with Crippen LogP contribution in [0.1, 0.15) is 0 Å². The average Bonchev–Trinajstić information content (AvgIpc) is 2.16. The van der Waals surface area contributed by atoms with Crippen LogP contribution in [0, 0.1) is 0 Å². The number of hydrogen-bond donors (Lipinski definition) is 1. The summed E-state index contributed by atoms with van der Waals surface area (Å²) in [5.74, 6) is 0.301. The molecule has 5 heteroatoms. The lowest BCUT2D eigenvalue weighted by Crippen LogP contribution is -2.26. The third-order valence-corrected chi connectivity index (χ3v) is 1.63. The number of rotatable bonds is 1. The van der Waals surface area contributed by atoms with Crippen molar-refractivity contribution in [3.8, 4) is 0 Å². The van der Waals surface area contributed by atoms with Gasteiger partial charge in [-0.2, -0.15) is 0 Å². The van der Waals surface area contributed by atoms with E-state index in [0.717, 1.165) is 0 Å². The number of aromatic nitrogens is 1. The van der Waals surface area contributed by atoms with Gasteiger partial charge in [-0.25, -0.2) is 9.78 Å². The molecule has 13 heavy (non-hydrogen) atoms. The number of nitrogens with two attached hydrogens (primary N) is 1. The highest BCUT2D eigenvalue weighted by Crippen LogP contribution is 2.18. The first-order valence-corrected chi connectivity index (χ1v) is 3.69. The Morgan fingerprint density at radius 1 is 1.69 bits per heavy atom. The van der Waals surface area contributed by atoms with Crippen molar-refractivity contribution in [2.45, 2.75) is 0 Å². The monoisotopic (exact) mass is 181 g/mol. The van der Waals surface area contributed by atoms with Gasteiger partial charge >= 0.3 is 6.09 Å². The molecule has 2 N–H and O–H groups in total. The minimum Gasteiger partial charge on any atom is -0.452 e. The summed E-state index contributed by atoms with van der Waals surface area (Å²) in [4.78, 5) is 16.2. The largest absolute Gasteiger partial charge is 0.452 e. The first-order chi connectivity index (χ1) is 6.16. The van der Waals surface area contributed by atoms with E-state index in [4.69, 9.17) is 5.73 Å². The molecular formula is C8H11N3O2. The Morgan fingerprint density at radius 3 is 2.92 bits per heavy atom. The van der Waals surface area contributed by atoms with E-state index in [2.05, 4.69) is 9.72 Å². The fourth-order valence-corrected chi connectivity index (χ4v) is 0.928. The second-order valence-electron chi connectivity index (χ2n) is 2.44. The van der Waals surface area contributed by atoms with Gasteiger partial charge in [0.15, 0.2) is 0 Å². The van der Waals surface area contributed by atoms with E-state index < -0.39 is 6.09 Å². The van der Waals surface area contributed by atoms with Crippen LogP contribution in [0.25, 0.3) is 0 Å². The number of methoxy groups -OCH3 is 1. The molecule has 0 spiro atoms. The summed E-state index contributed by atoms with van der Waals surface area (Å²) in [5.41, 5.74) is 6.09. The van der Waals surface area contributed by atoms with Crippen LogP contribution in [-0.2, 0) is 4.74 Å². The van der Waals surface area contributed by atoms with Gasteiger partial charge < -0.3 is 10.5 Å². The highest BCUT2D eigenvalue weighted by Gasteiger charge is 2.12. The third kappa shape index (κ3) is 1.87. The lowest BCUT2D eigenvalue weighted by molar-refractivity contribution is 0.180. The van der Waals surface area contributed by atoms with Crippen molar-refractivity contribution >= 4 is 17.6 Å². The van der Waals surface area contributed by atoms with Crippen molar-refractivity contribution < 1.29 is 9.53 Å². The van der Waals surface area contributed by atoms with E-state index in [1.807, 2.05) is 0 Å². The Kier molecular flexibility index (Phi) is 2.69. The molecule has 1 aromatic rings. The average molecular weight is 181 g/mol. The van der Waals surface area contributed by atoms with Gasteiger partial charge in [0.25, 0.3) is 0 Å². The molecule has 0 saturated carbocycles. The molecule has 0 aromatic carbocycles. The van der Waals surface area contributed by atoms with Crippen LogP contribution in [0.5, 0.6) is 0 Å². The van der Waals surface area contributed by atoms with Gasteiger partial charge in [0.1, 0.15) is 5.82 Å². The Hall–Kier alpha value is -1.78. The first kappa shape index (κ1) is 9.31. The van der Waals surface area contributed by atoms with Gasteiger partial charge in [0.05, 0.1) is 12.8 Å². The number of ether oxygens (including phenoxy) is 1.